The fourth-order valence-electron chi connectivity index (χ4n) is 3.56. The Hall–Kier alpha value is -1.16. The van der Waals surface area contributed by atoms with Gasteiger partial charge in [-0.25, -0.2) is 4.98 Å². The Morgan fingerprint density at radius 1 is 1.10 bits per heavy atom. The summed E-state index contributed by atoms with van der Waals surface area (Å²) in [5.74, 6) is 1.26. The van der Waals surface area contributed by atoms with E-state index in [-0.39, 0.29) is 5.56 Å². The number of H-pyrrole nitrogens is 1. The molecule has 110 valence electrons. The van der Waals surface area contributed by atoms with Crippen LogP contribution in [0.5, 0.6) is 0 Å². The van der Waals surface area contributed by atoms with E-state index in [0.29, 0.717) is 5.92 Å². The molecule has 0 bridgehead atoms. The minimum atomic E-state index is 0.0962. The second-order valence-electron chi connectivity index (χ2n) is 6.29. The molecule has 1 N–H and O–H groups in total. The average molecular weight is 275 g/mol. The van der Waals surface area contributed by atoms with Crippen LogP contribution in [0.2, 0.25) is 0 Å². The van der Waals surface area contributed by atoms with Crippen LogP contribution in [0.3, 0.4) is 0 Å². The highest BCUT2D eigenvalue weighted by Gasteiger charge is 2.19. The van der Waals surface area contributed by atoms with Gasteiger partial charge in [0.25, 0.3) is 5.56 Å². The molecule has 4 heteroatoms. The van der Waals surface area contributed by atoms with Crippen molar-refractivity contribution < 1.29 is 0 Å². The lowest BCUT2D eigenvalue weighted by Crippen LogP contribution is -2.31. The van der Waals surface area contributed by atoms with E-state index in [1.807, 2.05) is 6.20 Å². The van der Waals surface area contributed by atoms with Crippen molar-refractivity contribution in [2.45, 2.75) is 63.8 Å². The predicted molar refractivity (Wildman–Crippen MR) is 79.8 cm³/mol. The molecule has 0 unspecified atom stereocenters. The monoisotopic (exact) mass is 275 g/mol. The third kappa shape index (κ3) is 3.29. The first-order chi connectivity index (χ1) is 9.83. The molecule has 1 aromatic rings. The Morgan fingerprint density at radius 2 is 1.80 bits per heavy atom. The van der Waals surface area contributed by atoms with Gasteiger partial charge < -0.3 is 4.98 Å². The largest absolute Gasteiger partial charge is 0.309 e. The molecule has 1 aromatic heterocycles. The van der Waals surface area contributed by atoms with Crippen molar-refractivity contribution in [3.63, 3.8) is 0 Å². The predicted octanol–water partition coefficient (Wildman–Crippen LogP) is 2.80. The molecule has 4 nitrogen and oxygen atoms in total. The maximum atomic E-state index is 12.3. The third-order valence-corrected chi connectivity index (χ3v) is 4.75. The molecule has 0 spiro atoms. The maximum Gasteiger partial charge on any atom is 0.254 e. The number of aromatic amines is 1. The first-order valence-corrected chi connectivity index (χ1v) is 8.13. The molecule has 2 heterocycles. The summed E-state index contributed by atoms with van der Waals surface area (Å²) in [6, 6.07) is 0. The van der Waals surface area contributed by atoms with Gasteiger partial charge in [0.05, 0.1) is 6.54 Å². The van der Waals surface area contributed by atoms with Gasteiger partial charge in [0.2, 0.25) is 0 Å². The summed E-state index contributed by atoms with van der Waals surface area (Å²) < 4.78 is 0. The van der Waals surface area contributed by atoms with Crippen LogP contribution in [0.4, 0.5) is 0 Å². The summed E-state index contributed by atoms with van der Waals surface area (Å²) >= 11 is 0. The fraction of sp³-hybridized carbons (Fsp3) is 0.750. The number of aromatic nitrogens is 2. The Morgan fingerprint density at radius 3 is 2.50 bits per heavy atom. The van der Waals surface area contributed by atoms with Crippen LogP contribution in [-0.4, -0.2) is 28.0 Å². The van der Waals surface area contributed by atoms with Gasteiger partial charge in [-0.15, -0.1) is 0 Å². The number of likely N-dealkylation sites (tertiary alicyclic amines) is 1. The molecule has 0 aromatic carbocycles. The van der Waals surface area contributed by atoms with Gasteiger partial charge in [-0.1, -0.05) is 25.7 Å². The van der Waals surface area contributed by atoms with Crippen molar-refractivity contribution in [1.82, 2.24) is 14.9 Å². The van der Waals surface area contributed by atoms with Crippen LogP contribution >= 0.6 is 0 Å². The molecule has 1 aliphatic carbocycles. The van der Waals surface area contributed by atoms with Crippen molar-refractivity contribution in [1.29, 1.82) is 0 Å². The molecular weight excluding hydrogens is 250 g/mol. The van der Waals surface area contributed by atoms with E-state index in [9.17, 15) is 4.79 Å². The quantitative estimate of drug-likeness (QED) is 0.922. The molecule has 2 fully saturated rings. The molecular formula is C16H25N3O. The van der Waals surface area contributed by atoms with Gasteiger partial charge in [0.1, 0.15) is 5.82 Å². The SMILES string of the molecule is O=c1[nH]c(CN2CCCCC2)ncc1C1CCCCC1. The standard InChI is InChI=1S/C16H25N3O/c20-16-14(13-7-3-1-4-8-13)11-17-15(18-16)12-19-9-5-2-6-10-19/h11,13H,1-10,12H2,(H,17,18,20). The highest BCUT2D eigenvalue weighted by molar-refractivity contribution is 5.13. The lowest BCUT2D eigenvalue weighted by molar-refractivity contribution is 0.215. The van der Waals surface area contributed by atoms with E-state index in [2.05, 4.69) is 14.9 Å². The van der Waals surface area contributed by atoms with Crippen molar-refractivity contribution >= 4 is 0 Å². The minimum Gasteiger partial charge on any atom is -0.309 e. The van der Waals surface area contributed by atoms with Crippen molar-refractivity contribution in [2.75, 3.05) is 13.1 Å². The lowest BCUT2D eigenvalue weighted by Gasteiger charge is -2.26. The van der Waals surface area contributed by atoms with Crippen LogP contribution in [-0.2, 0) is 6.54 Å². The second kappa shape index (κ2) is 6.53. The smallest absolute Gasteiger partial charge is 0.254 e. The second-order valence-corrected chi connectivity index (χ2v) is 6.29. The van der Waals surface area contributed by atoms with E-state index < -0.39 is 0 Å². The first-order valence-electron chi connectivity index (χ1n) is 8.13. The summed E-state index contributed by atoms with van der Waals surface area (Å²) in [5, 5.41) is 0. The number of rotatable bonds is 3. The number of piperidine rings is 1. The summed E-state index contributed by atoms with van der Waals surface area (Å²) in [4.78, 5) is 22.2. The highest BCUT2D eigenvalue weighted by Crippen LogP contribution is 2.30. The Kier molecular flexibility index (Phi) is 4.51. The molecule has 1 aliphatic heterocycles. The molecule has 1 saturated heterocycles. The number of hydrogen-bond donors (Lipinski definition) is 1. The minimum absolute atomic E-state index is 0.0962. The van der Waals surface area contributed by atoms with Crippen LogP contribution < -0.4 is 5.56 Å². The van der Waals surface area contributed by atoms with Gasteiger partial charge in [-0.2, -0.15) is 0 Å². The Labute approximate surface area is 120 Å². The average Bonchev–Trinajstić information content (AvgIpc) is 2.49. The number of nitrogens with zero attached hydrogens (tertiary/aromatic N) is 2. The van der Waals surface area contributed by atoms with Gasteiger partial charge in [0.15, 0.2) is 0 Å². The maximum absolute atomic E-state index is 12.3. The molecule has 2 aliphatic rings. The Bertz CT molecular complexity index is 485. The van der Waals surface area contributed by atoms with Crippen LogP contribution in [0.25, 0.3) is 0 Å². The zero-order chi connectivity index (χ0) is 13.8. The van der Waals surface area contributed by atoms with Gasteiger partial charge in [-0.05, 0) is 44.7 Å². The van der Waals surface area contributed by atoms with E-state index in [4.69, 9.17) is 0 Å². The van der Waals surface area contributed by atoms with Crippen molar-refractivity contribution in [3.8, 4) is 0 Å². The van der Waals surface area contributed by atoms with Gasteiger partial charge >= 0.3 is 0 Å². The van der Waals surface area contributed by atoms with Gasteiger partial charge in [-0.3, -0.25) is 9.69 Å². The normalized spacial score (nSPS) is 22.0. The molecule has 3 rings (SSSR count). The first kappa shape index (κ1) is 13.8. The van der Waals surface area contributed by atoms with E-state index in [0.717, 1.165) is 43.9 Å². The van der Waals surface area contributed by atoms with Crippen molar-refractivity contribution in [3.05, 3.63) is 27.9 Å². The summed E-state index contributed by atoms with van der Waals surface area (Å²) in [6.07, 6.45) is 11.8. The van der Waals surface area contributed by atoms with Crippen LogP contribution in [0.15, 0.2) is 11.0 Å². The molecule has 0 radical (unpaired) electrons. The molecule has 0 atom stereocenters. The number of nitrogens with one attached hydrogen (secondary N) is 1. The zero-order valence-electron chi connectivity index (χ0n) is 12.2. The highest BCUT2D eigenvalue weighted by atomic mass is 16.1. The van der Waals surface area contributed by atoms with E-state index in [1.165, 1.54) is 38.5 Å². The summed E-state index contributed by atoms with van der Waals surface area (Å²) in [7, 11) is 0. The fourth-order valence-corrected chi connectivity index (χ4v) is 3.56. The third-order valence-electron chi connectivity index (χ3n) is 4.75. The summed E-state index contributed by atoms with van der Waals surface area (Å²) in [5.41, 5.74) is 1.01. The van der Waals surface area contributed by atoms with E-state index in [1.54, 1.807) is 0 Å². The summed E-state index contributed by atoms with van der Waals surface area (Å²) in [6.45, 7) is 3.06. The molecule has 1 saturated carbocycles. The zero-order valence-corrected chi connectivity index (χ0v) is 12.2. The van der Waals surface area contributed by atoms with E-state index >= 15 is 0 Å². The van der Waals surface area contributed by atoms with Gasteiger partial charge in [0, 0.05) is 11.8 Å². The van der Waals surface area contributed by atoms with Crippen LogP contribution in [0.1, 0.15) is 68.7 Å². The molecule has 0 amide bonds. The van der Waals surface area contributed by atoms with Crippen LogP contribution in [0, 0.1) is 0 Å². The molecule has 20 heavy (non-hydrogen) atoms. The topological polar surface area (TPSA) is 49.0 Å². The number of hydrogen-bond acceptors (Lipinski definition) is 3. The Balaban J connectivity index is 1.68. The van der Waals surface area contributed by atoms with Crippen molar-refractivity contribution in [2.24, 2.45) is 0 Å². The lowest BCUT2D eigenvalue weighted by atomic mass is 9.85.